The number of carbonyl (C=O) groups is 1. The Bertz CT molecular complexity index is 454. The summed E-state index contributed by atoms with van der Waals surface area (Å²) in [4.78, 5) is 14.3. The van der Waals surface area contributed by atoms with Gasteiger partial charge in [0, 0.05) is 31.5 Å². The van der Waals surface area contributed by atoms with E-state index in [1.54, 1.807) is 7.11 Å². The zero-order valence-electron chi connectivity index (χ0n) is 13.1. The average molecular weight is 290 g/mol. The number of para-hydroxylation sites is 1. The second-order valence-electron chi connectivity index (χ2n) is 5.78. The van der Waals surface area contributed by atoms with Crippen molar-refractivity contribution in [1.29, 1.82) is 0 Å². The summed E-state index contributed by atoms with van der Waals surface area (Å²) in [5.41, 5.74) is 1.84. The van der Waals surface area contributed by atoms with Crippen molar-refractivity contribution in [2.24, 2.45) is 0 Å². The number of ether oxygens (including phenoxy) is 1. The zero-order valence-corrected chi connectivity index (χ0v) is 13.1. The number of hydrogen-bond acceptors (Lipinski definition) is 2. The summed E-state index contributed by atoms with van der Waals surface area (Å²) in [5, 5.41) is 3.02. The van der Waals surface area contributed by atoms with E-state index in [0.717, 1.165) is 24.1 Å². The van der Waals surface area contributed by atoms with E-state index < -0.39 is 0 Å². The van der Waals surface area contributed by atoms with Crippen LogP contribution in [0.5, 0.6) is 0 Å². The van der Waals surface area contributed by atoms with Gasteiger partial charge in [-0.1, -0.05) is 43.9 Å². The number of amides is 2. The third-order valence-electron chi connectivity index (χ3n) is 4.25. The van der Waals surface area contributed by atoms with E-state index in [-0.39, 0.29) is 6.03 Å². The van der Waals surface area contributed by atoms with Gasteiger partial charge in [0.15, 0.2) is 0 Å². The van der Waals surface area contributed by atoms with Crippen LogP contribution >= 0.6 is 0 Å². The van der Waals surface area contributed by atoms with Gasteiger partial charge in [0.25, 0.3) is 0 Å². The minimum atomic E-state index is -0.0227. The van der Waals surface area contributed by atoms with E-state index in [2.05, 4.69) is 5.32 Å². The first-order valence-electron chi connectivity index (χ1n) is 7.83. The fourth-order valence-corrected chi connectivity index (χ4v) is 2.94. The summed E-state index contributed by atoms with van der Waals surface area (Å²) in [5.74, 6) is 0. The molecule has 1 fully saturated rings. The van der Waals surface area contributed by atoms with Gasteiger partial charge >= 0.3 is 6.03 Å². The van der Waals surface area contributed by atoms with Crippen LogP contribution in [0.2, 0.25) is 0 Å². The Balaban J connectivity index is 1.99. The van der Waals surface area contributed by atoms with Crippen molar-refractivity contribution in [1.82, 2.24) is 4.90 Å². The largest absolute Gasteiger partial charge is 0.380 e. The SMILES string of the molecule is COCc1ccccc1NC(=O)N(C)C1CCCCCC1. The Kier molecular flexibility index (Phi) is 6.05. The fraction of sp³-hybridized carbons (Fsp3) is 0.588. The molecule has 0 bridgehead atoms. The van der Waals surface area contributed by atoms with Crippen LogP contribution in [0, 0.1) is 0 Å². The molecule has 0 spiro atoms. The minimum Gasteiger partial charge on any atom is -0.380 e. The van der Waals surface area contributed by atoms with Crippen molar-refractivity contribution >= 4 is 11.7 Å². The first-order valence-corrected chi connectivity index (χ1v) is 7.83. The van der Waals surface area contributed by atoms with Gasteiger partial charge in [-0.05, 0) is 18.9 Å². The molecular formula is C17H26N2O2. The number of urea groups is 1. The maximum atomic E-state index is 12.5. The van der Waals surface area contributed by atoms with Crippen LogP contribution in [0.25, 0.3) is 0 Å². The van der Waals surface area contributed by atoms with Crippen LogP contribution in [-0.2, 0) is 11.3 Å². The van der Waals surface area contributed by atoms with Crippen LogP contribution in [-0.4, -0.2) is 31.1 Å². The topological polar surface area (TPSA) is 41.6 Å². The molecule has 0 unspecified atom stereocenters. The van der Waals surface area contributed by atoms with E-state index in [9.17, 15) is 4.79 Å². The summed E-state index contributed by atoms with van der Waals surface area (Å²) in [6.45, 7) is 0.504. The molecule has 1 saturated carbocycles. The lowest BCUT2D eigenvalue weighted by molar-refractivity contribution is 0.185. The summed E-state index contributed by atoms with van der Waals surface area (Å²) < 4.78 is 5.18. The molecule has 2 rings (SSSR count). The molecule has 116 valence electrons. The van der Waals surface area contributed by atoms with Crippen molar-refractivity contribution in [2.75, 3.05) is 19.5 Å². The van der Waals surface area contributed by atoms with Crippen LogP contribution in [0.4, 0.5) is 10.5 Å². The van der Waals surface area contributed by atoms with Gasteiger partial charge < -0.3 is 15.0 Å². The van der Waals surface area contributed by atoms with Gasteiger partial charge in [0.05, 0.1) is 6.61 Å². The van der Waals surface area contributed by atoms with Crippen molar-refractivity contribution < 1.29 is 9.53 Å². The van der Waals surface area contributed by atoms with E-state index in [0.29, 0.717) is 12.6 Å². The summed E-state index contributed by atoms with van der Waals surface area (Å²) >= 11 is 0. The highest BCUT2D eigenvalue weighted by Gasteiger charge is 2.21. The monoisotopic (exact) mass is 290 g/mol. The van der Waals surface area contributed by atoms with Gasteiger partial charge in [-0.3, -0.25) is 0 Å². The lowest BCUT2D eigenvalue weighted by Crippen LogP contribution is -2.39. The molecule has 1 aromatic carbocycles. The van der Waals surface area contributed by atoms with Crippen molar-refractivity contribution in [3.05, 3.63) is 29.8 Å². The van der Waals surface area contributed by atoms with Crippen LogP contribution in [0.15, 0.2) is 24.3 Å². The van der Waals surface area contributed by atoms with Crippen molar-refractivity contribution in [3.63, 3.8) is 0 Å². The van der Waals surface area contributed by atoms with Crippen LogP contribution in [0.3, 0.4) is 0 Å². The van der Waals surface area contributed by atoms with Gasteiger partial charge in [-0.2, -0.15) is 0 Å². The number of rotatable bonds is 4. The van der Waals surface area contributed by atoms with Crippen LogP contribution in [0.1, 0.15) is 44.1 Å². The molecule has 2 amide bonds. The Morgan fingerprint density at radius 2 is 1.90 bits per heavy atom. The molecular weight excluding hydrogens is 264 g/mol. The Hall–Kier alpha value is -1.55. The predicted octanol–water partition coefficient (Wildman–Crippen LogP) is 4.02. The number of methoxy groups -OCH3 is 1. The second kappa shape index (κ2) is 8.03. The molecule has 0 heterocycles. The summed E-state index contributed by atoms with van der Waals surface area (Å²) in [7, 11) is 3.57. The van der Waals surface area contributed by atoms with Crippen molar-refractivity contribution in [2.45, 2.75) is 51.2 Å². The molecule has 4 nitrogen and oxygen atoms in total. The average Bonchev–Trinajstić information content (AvgIpc) is 2.78. The number of nitrogens with zero attached hydrogens (tertiary/aromatic N) is 1. The molecule has 1 aliphatic rings. The number of carbonyl (C=O) groups excluding carboxylic acids is 1. The smallest absolute Gasteiger partial charge is 0.321 e. The number of nitrogens with one attached hydrogen (secondary N) is 1. The molecule has 4 heteroatoms. The minimum absolute atomic E-state index is 0.0227. The molecule has 0 saturated heterocycles. The second-order valence-corrected chi connectivity index (χ2v) is 5.78. The van der Waals surface area contributed by atoms with E-state index in [1.807, 2.05) is 36.2 Å². The first kappa shape index (κ1) is 15.8. The molecule has 0 atom stereocenters. The van der Waals surface area contributed by atoms with Gasteiger partial charge in [-0.25, -0.2) is 4.79 Å². The predicted molar refractivity (Wildman–Crippen MR) is 85.4 cm³/mol. The third kappa shape index (κ3) is 4.46. The number of anilines is 1. The lowest BCUT2D eigenvalue weighted by atomic mass is 10.1. The number of benzene rings is 1. The van der Waals surface area contributed by atoms with E-state index >= 15 is 0 Å². The van der Waals surface area contributed by atoms with Crippen molar-refractivity contribution in [3.8, 4) is 0 Å². The Morgan fingerprint density at radius 1 is 1.24 bits per heavy atom. The maximum absolute atomic E-state index is 12.5. The normalized spacial score (nSPS) is 16.3. The standard InChI is InChI=1S/C17H26N2O2/c1-19(15-10-5-3-4-6-11-15)17(20)18-16-12-8-7-9-14(16)13-21-2/h7-9,12,15H,3-6,10-11,13H2,1-2H3,(H,18,20). The lowest BCUT2D eigenvalue weighted by Gasteiger charge is -2.27. The molecule has 0 radical (unpaired) electrons. The highest BCUT2D eigenvalue weighted by molar-refractivity contribution is 5.90. The molecule has 1 aromatic rings. The summed E-state index contributed by atoms with van der Waals surface area (Å²) in [6, 6.07) is 8.13. The van der Waals surface area contributed by atoms with Gasteiger partial charge in [-0.15, -0.1) is 0 Å². The van der Waals surface area contributed by atoms with Gasteiger partial charge in [0.2, 0.25) is 0 Å². The third-order valence-corrected chi connectivity index (χ3v) is 4.25. The van der Waals surface area contributed by atoms with E-state index in [1.165, 1.54) is 25.7 Å². The molecule has 21 heavy (non-hydrogen) atoms. The van der Waals surface area contributed by atoms with Gasteiger partial charge in [0.1, 0.15) is 0 Å². The number of hydrogen-bond donors (Lipinski definition) is 1. The first-order chi connectivity index (χ1) is 10.2. The Morgan fingerprint density at radius 3 is 2.57 bits per heavy atom. The van der Waals surface area contributed by atoms with Crippen LogP contribution < -0.4 is 5.32 Å². The van der Waals surface area contributed by atoms with E-state index in [4.69, 9.17) is 4.74 Å². The highest BCUT2D eigenvalue weighted by atomic mass is 16.5. The fourth-order valence-electron chi connectivity index (χ4n) is 2.94. The maximum Gasteiger partial charge on any atom is 0.321 e. The summed E-state index contributed by atoms with van der Waals surface area (Å²) in [6.07, 6.45) is 7.27. The zero-order chi connectivity index (χ0) is 15.1. The molecule has 1 N–H and O–H groups in total. The molecule has 0 aromatic heterocycles. The molecule has 1 aliphatic carbocycles. The highest BCUT2D eigenvalue weighted by Crippen LogP contribution is 2.22. The molecule has 0 aliphatic heterocycles. The quantitative estimate of drug-likeness (QED) is 0.851. The Labute approximate surface area is 127 Å².